The van der Waals surface area contributed by atoms with E-state index >= 15 is 0 Å². The maximum Gasteiger partial charge on any atom is 0.119 e. The fraction of sp³-hybridized carbons (Fsp3) is 0.600. The molecule has 1 saturated carbocycles. The summed E-state index contributed by atoms with van der Waals surface area (Å²) in [4.78, 5) is 0. The van der Waals surface area contributed by atoms with Crippen molar-refractivity contribution in [1.29, 1.82) is 0 Å². The van der Waals surface area contributed by atoms with Gasteiger partial charge in [-0.05, 0) is 50.9 Å². The summed E-state index contributed by atoms with van der Waals surface area (Å²) in [5.41, 5.74) is 1.75. The number of hydrogen-bond donors (Lipinski definition) is 1. The van der Waals surface area contributed by atoms with Crippen molar-refractivity contribution >= 4 is 0 Å². The highest BCUT2D eigenvalue weighted by molar-refractivity contribution is 5.28. The molecule has 1 fully saturated rings. The number of nitrogens with one attached hydrogen (secondary N) is 1. The number of likely N-dealkylation sites (N-methyl/N-ethyl adjacent to an activating group) is 1. The Balaban J connectivity index is 2.02. The van der Waals surface area contributed by atoms with Gasteiger partial charge >= 0.3 is 0 Å². The zero-order chi connectivity index (χ0) is 12.1. The van der Waals surface area contributed by atoms with Crippen LogP contribution in [0.1, 0.15) is 38.2 Å². The van der Waals surface area contributed by atoms with Gasteiger partial charge in [-0.15, -0.1) is 0 Å². The molecule has 0 atom stereocenters. The summed E-state index contributed by atoms with van der Waals surface area (Å²) in [6.07, 6.45) is 6.46. The molecule has 0 bridgehead atoms. The Hall–Kier alpha value is -1.02. The minimum absolute atomic E-state index is 0.340. The van der Waals surface area contributed by atoms with Crippen LogP contribution in [-0.2, 0) is 6.42 Å². The molecule has 0 aliphatic heterocycles. The molecule has 0 saturated heterocycles. The predicted molar refractivity (Wildman–Crippen MR) is 71.6 cm³/mol. The van der Waals surface area contributed by atoms with E-state index in [1.165, 1.54) is 31.2 Å². The lowest BCUT2D eigenvalue weighted by atomic mass is 9.89. The van der Waals surface area contributed by atoms with E-state index in [2.05, 4.69) is 36.6 Å². The van der Waals surface area contributed by atoms with Gasteiger partial charge in [0.1, 0.15) is 5.75 Å². The minimum Gasteiger partial charge on any atom is -0.494 e. The molecule has 94 valence electrons. The van der Waals surface area contributed by atoms with E-state index in [4.69, 9.17) is 4.74 Å². The van der Waals surface area contributed by atoms with Gasteiger partial charge in [0.05, 0.1) is 6.61 Å². The first-order chi connectivity index (χ1) is 8.28. The van der Waals surface area contributed by atoms with Crippen molar-refractivity contribution in [2.45, 2.75) is 44.6 Å². The van der Waals surface area contributed by atoms with E-state index in [-0.39, 0.29) is 0 Å². The quantitative estimate of drug-likeness (QED) is 0.843. The zero-order valence-corrected chi connectivity index (χ0v) is 11.0. The van der Waals surface area contributed by atoms with E-state index in [1.807, 2.05) is 6.92 Å². The Bertz CT molecular complexity index is 338. The molecule has 1 aromatic carbocycles. The number of ether oxygens (including phenoxy) is 1. The SMILES string of the molecule is CCOc1ccc(CC2(NC)CCCC2)cc1. The van der Waals surface area contributed by atoms with E-state index in [9.17, 15) is 0 Å². The molecule has 0 radical (unpaired) electrons. The molecule has 1 N–H and O–H groups in total. The van der Waals surface area contributed by atoms with Gasteiger partial charge in [0.2, 0.25) is 0 Å². The molecule has 0 amide bonds. The summed E-state index contributed by atoms with van der Waals surface area (Å²) in [6.45, 7) is 2.75. The van der Waals surface area contributed by atoms with E-state index in [0.717, 1.165) is 18.8 Å². The summed E-state index contributed by atoms with van der Waals surface area (Å²) in [5, 5.41) is 3.53. The largest absolute Gasteiger partial charge is 0.494 e. The third-order valence-electron chi connectivity index (χ3n) is 3.87. The Kier molecular flexibility index (Phi) is 4.06. The highest BCUT2D eigenvalue weighted by Gasteiger charge is 2.31. The van der Waals surface area contributed by atoms with E-state index in [0.29, 0.717) is 5.54 Å². The highest BCUT2D eigenvalue weighted by Crippen LogP contribution is 2.32. The Morgan fingerprint density at radius 2 is 1.82 bits per heavy atom. The fourth-order valence-electron chi connectivity index (χ4n) is 2.83. The van der Waals surface area contributed by atoms with Crippen LogP contribution in [0.25, 0.3) is 0 Å². The first kappa shape index (κ1) is 12.4. The number of benzene rings is 1. The molecule has 1 aromatic rings. The average Bonchev–Trinajstić information content (AvgIpc) is 2.81. The third kappa shape index (κ3) is 3.01. The molecule has 1 aliphatic rings. The summed E-state index contributed by atoms with van der Waals surface area (Å²) in [7, 11) is 2.10. The first-order valence-electron chi connectivity index (χ1n) is 6.69. The van der Waals surface area contributed by atoms with Gasteiger partial charge < -0.3 is 10.1 Å². The van der Waals surface area contributed by atoms with Crippen molar-refractivity contribution in [2.75, 3.05) is 13.7 Å². The van der Waals surface area contributed by atoms with Crippen LogP contribution in [0.15, 0.2) is 24.3 Å². The summed E-state index contributed by atoms with van der Waals surface area (Å²) < 4.78 is 5.47. The van der Waals surface area contributed by atoms with Gasteiger partial charge in [0.25, 0.3) is 0 Å². The smallest absolute Gasteiger partial charge is 0.119 e. The standard InChI is InChI=1S/C15H23NO/c1-3-17-14-8-6-13(7-9-14)12-15(16-2)10-4-5-11-15/h6-9,16H,3-5,10-12H2,1-2H3. The van der Waals surface area contributed by atoms with Gasteiger partial charge in [-0.3, -0.25) is 0 Å². The molecule has 17 heavy (non-hydrogen) atoms. The van der Waals surface area contributed by atoms with Gasteiger partial charge in [-0.1, -0.05) is 25.0 Å². The van der Waals surface area contributed by atoms with Crippen LogP contribution in [0.2, 0.25) is 0 Å². The predicted octanol–water partition coefficient (Wildman–Crippen LogP) is 3.16. The van der Waals surface area contributed by atoms with Crippen LogP contribution < -0.4 is 10.1 Å². The Morgan fingerprint density at radius 1 is 1.18 bits per heavy atom. The summed E-state index contributed by atoms with van der Waals surface area (Å²) in [6, 6.07) is 8.55. The molecular formula is C15H23NO. The molecule has 0 heterocycles. The lowest BCUT2D eigenvalue weighted by Gasteiger charge is -2.28. The van der Waals surface area contributed by atoms with Crippen molar-refractivity contribution in [1.82, 2.24) is 5.32 Å². The fourth-order valence-corrected chi connectivity index (χ4v) is 2.83. The average molecular weight is 233 g/mol. The van der Waals surface area contributed by atoms with Gasteiger partial charge in [0, 0.05) is 5.54 Å². The molecule has 0 aromatic heterocycles. The minimum atomic E-state index is 0.340. The van der Waals surface area contributed by atoms with Crippen molar-refractivity contribution in [3.8, 4) is 5.75 Å². The first-order valence-corrected chi connectivity index (χ1v) is 6.69. The molecular weight excluding hydrogens is 210 g/mol. The lowest BCUT2D eigenvalue weighted by Crippen LogP contribution is -2.42. The molecule has 2 heteroatoms. The molecule has 2 rings (SSSR count). The van der Waals surface area contributed by atoms with E-state index in [1.54, 1.807) is 0 Å². The third-order valence-corrected chi connectivity index (χ3v) is 3.87. The van der Waals surface area contributed by atoms with Crippen LogP contribution in [-0.4, -0.2) is 19.2 Å². The van der Waals surface area contributed by atoms with Gasteiger partial charge in [-0.25, -0.2) is 0 Å². The topological polar surface area (TPSA) is 21.3 Å². The van der Waals surface area contributed by atoms with Crippen LogP contribution in [0, 0.1) is 0 Å². The molecule has 2 nitrogen and oxygen atoms in total. The lowest BCUT2D eigenvalue weighted by molar-refractivity contribution is 0.339. The second kappa shape index (κ2) is 5.54. The Labute approximate surface area is 104 Å². The highest BCUT2D eigenvalue weighted by atomic mass is 16.5. The maximum atomic E-state index is 5.47. The summed E-state index contributed by atoms with van der Waals surface area (Å²) >= 11 is 0. The normalized spacial score (nSPS) is 18.2. The molecule has 0 unspecified atom stereocenters. The maximum absolute atomic E-state index is 5.47. The van der Waals surface area contributed by atoms with Crippen LogP contribution in [0.3, 0.4) is 0 Å². The van der Waals surface area contributed by atoms with Crippen molar-refractivity contribution in [3.63, 3.8) is 0 Å². The van der Waals surface area contributed by atoms with Crippen molar-refractivity contribution in [2.24, 2.45) is 0 Å². The molecule has 0 spiro atoms. The van der Waals surface area contributed by atoms with Crippen molar-refractivity contribution < 1.29 is 4.74 Å². The number of hydrogen-bond acceptors (Lipinski definition) is 2. The number of rotatable bonds is 5. The second-order valence-corrected chi connectivity index (χ2v) is 4.99. The zero-order valence-electron chi connectivity index (χ0n) is 11.0. The van der Waals surface area contributed by atoms with E-state index < -0.39 is 0 Å². The van der Waals surface area contributed by atoms with Crippen LogP contribution in [0.5, 0.6) is 5.75 Å². The Morgan fingerprint density at radius 3 is 2.35 bits per heavy atom. The van der Waals surface area contributed by atoms with Crippen molar-refractivity contribution in [3.05, 3.63) is 29.8 Å². The second-order valence-electron chi connectivity index (χ2n) is 4.99. The van der Waals surface area contributed by atoms with Crippen LogP contribution in [0.4, 0.5) is 0 Å². The van der Waals surface area contributed by atoms with Gasteiger partial charge in [0.15, 0.2) is 0 Å². The summed E-state index contributed by atoms with van der Waals surface area (Å²) in [5.74, 6) is 0.973. The monoisotopic (exact) mass is 233 g/mol. The van der Waals surface area contributed by atoms with Crippen LogP contribution >= 0.6 is 0 Å². The molecule has 1 aliphatic carbocycles. The van der Waals surface area contributed by atoms with Gasteiger partial charge in [-0.2, -0.15) is 0 Å².